The van der Waals surface area contributed by atoms with Crippen LogP contribution in [0.1, 0.15) is 14.4 Å². The van der Waals surface area contributed by atoms with E-state index in [9.17, 15) is 9.36 Å². The Labute approximate surface area is 132 Å². The summed E-state index contributed by atoms with van der Waals surface area (Å²) < 4.78 is 25.1. The highest BCUT2D eigenvalue weighted by atomic mass is 31.2. The number of hydrogen-bond acceptors (Lipinski definition) is 5. The standard InChI is InChI=1S/C5H10NO2P.C5H5NO.C3H4O2.CH4/c1-4-8-9(3,7)5-6-2;1-6-2-5-3-7-4-5;4-3-1-5-2-3;/h4-5H2,1,3H3;2H,3-4H2;1-2H2;1H4. The van der Waals surface area contributed by atoms with Crippen molar-refractivity contribution in [1.29, 1.82) is 0 Å². The van der Waals surface area contributed by atoms with Crippen molar-refractivity contribution in [1.82, 2.24) is 0 Å². The summed E-state index contributed by atoms with van der Waals surface area (Å²) in [5.74, 6) is 0.213. The zero-order valence-electron chi connectivity index (χ0n) is 12.2. The number of carbonyl (C=O) groups is 1. The number of ether oxygens (including phenoxy) is 2. The van der Waals surface area contributed by atoms with Crippen molar-refractivity contribution in [3.8, 4) is 0 Å². The minimum atomic E-state index is -2.55. The van der Waals surface area contributed by atoms with Crippen LogP contribution in [0.15, 0.2) is 11.8 Å². The van der Waals surface area contributed by atoms with Crippen LogP contribution in [0.25, 0.3) is 9.69 Å². The number of hydrogen-bond donors (Lipinski definition) is 0. The number of rotatable bonds is 3. The SMILES string of the molecule is C.O=C1COC1.[C-]#[N+]C=C1COC1.[C-]#[N+]CP(C)(=O)OCC. The van der Waals surface area contributed by atoms with E-state index in [2.05, 4.69) is 14.4 Å². The molecule has 0 saturated carbocycles. The van der Waals surface area contributed by atoms with Gasteiger partial charge in [0.2, 0.25) is 0 Å². The molecule has 0 aromatic rings. The second kappa shape index (κ2) is 13.2. The van der Waals surface area contributed by atoms with Crippen LogP contribution in [-0.4, -0.2) is 51.8 Å². The van der Waals surface area contributed by atoms with Gasteiger partial charge in [-0.25, -0.2) is 11.4 Å². The molecule has 2 fully saturated rings. The van der Waals surface area contributed by atoms with Crippen LogP contribution in [0.2, 0.25) is 0 Å². The predicted octanol–water partition coefficient (Wildman–Crippen LogP) is 2.85. The molecular weight excluding hydrogens is 307 g/mol. The first-order valence-electron chi connectivity index (χ1n) is 6.21. The average Bonchev–Trinajstić information content (AvgIpc) is 2.33. The van der Waals surface area contributed by atoms with Gasteiger partial charge < -0.3 is 18.8 Å². The van der Waals surface area contributed by atoms with Crippen molar-refractivity contribution in [2.75, 3.05) is 46.0 Å². The lowest BCUT2D eigenvalue weighted by atomic mass is 10.3. The maximum absolute atomic E-state index is 11.0. The van der Waals surface area contributed by atoms with Gasteiger partial charge in [-0.3, -0.25) is 9.36 Å². The lowest BCUT2D eigenvalue weighted by Gasteiger charge is -2.15. The first-order chi connectivity index (χ1) is 9.95. The predicted molar refractivity (Wildman–Crippen MR) is 84.7 cm³/mol. The molecule has 0 bridgehead atoms. The van der Waals surface area contributed by atoms with Crippen molar-refractivity contribution in [2.24, 2.45) is 0 Å². The summed E-state index contributed by atoms with van der Waals surface area (Å²) >= 11 is 0. The molecule has 2 aliphatic rings. The fraction of sp³-hybridized carbons (Fsp3) is 0.643. The van der Waals surface area contributed by atoms with Gasteiger partial charge in [-0.05, 0) is 12.5 Å². The fourth-order valence-electron chi connectivity index (χ4n) is 1.01. The Kier molecular flexibility index (Phi) is 13.6. The molecule has 2 aliphatic heterocycles. The summed E-state index contributed by atoms with van der Waals surface area (Å²) in [6.45, 7) is 18.5. The third kappa shape index (κ3) is 12.3. The molecule has 2 heterocycles. The van der Waals surface area contributed by atoms with Crippen LogP contribution >= 0.6 is 7.37 Å². The minimum Gasteiger partial charge on any atom is -0.375 e. The Balaban J connectivity index is 0. The molecule has 8 heteroatoms. The largest absolute Gasteiger partial charge is 0.375 e. The van der Waals surface area contributed by atoms with Gasteiger partial charge in [0.15, 0.2) is 12.0 Å². The Morgan fingerprint density at radius 1 is 1.27 bits per heavy atom. The molecule has 22 heavy (non-hydrogen) atoms. The molecule has 124 valence electrons. The second-order valence-electron chi connectivity index (χ2n) is 4.17. The molecule has 0 amide bonds. The normalized spacial score (nSPS) is 17.1. The van der Waals surface area contributed by atoms with E-state index in [0.29, 0.717) is 33.0 Å². The van der Waals surface area contributed by atoms with Crippen molar-refractivity contribution in [3.05, 3.63) is 34.6 Å². The van der Waals surface area contributed by atoms with Crippen LogP contribution in [0.4, 0.5) is 0 Å². The summed E-state index contributed by atoms with van der Waals surface area (Å²) in [4.78, 5) is 15.8. The average molecular weight is 330 g/mol. The Morgan fingerprint density at radius 3 is 1.95 bits per heavy atom. The monoisotopic (exact) mass is 330 g/mol. The van der Waals surface area contributed by atoms with Gasteiger partial charge in [-0.15, -0.1) is 0 Å². The van der Waals surface area contributed by atoms with E-state index >= 15 is 0 Å². The first-order valence-corrected chi connectivity index (χ1v) is 8.46. The van der Waals surface area contributed by atoms with E-state index in [4.69, 9.17) is 22.4 Å². The zero-order valence-corrected chi connectivity index (χ0v) is 13.1. The van der Waals surface area contributed by atoms with E-state index in [0.717, 1.165) is 5.57 Å². The van der Waals surface area contributed by atoms with Crippen LogP contribution in [0, 0.1) is 13.1 Å². The number of nitrogens with zero attached hydrogens (tertiary/aromatic N) is 2. The molecule has 0 aliphatic carbocycles. The molecule has 2 saturated heterocycles. The molecule has 0 radical (unpaired) electrons. The van der Waals surface area contributed by atoms with E-state index in [1.807, 2.05) is 0 Å². The Morgan fingerprint density at radius 2 is 1.77 bits per heavy atom. The topological polar surface area (TPSA) is 70.5 Å². The third-order valence-corrected chi connectivity index (χ3v) is 3.54. The van der Waals surface area contributed by atoms with Crippen LogP contribution < -0.4 is 0 Å². The van der Waals surface area contributed by atoms with Crippen molar-refractivity contribution in [2.45, 2.75) is 14.4 Å². The zero-order chi connectivity index (χ0) is 16.1. The molecule has 0 aromatic heterocycles. The van der Waals surface area contributed by atoms with Crippen molar-refractivity contribution in [3.63, 3.8) is 0 Å². The quantitative estimate of drug-likeness (QED) is 0.588. The second-order valence-corrected chi connectivity index (χ2v) is 6.74. The molecule has 1 unspecified atom stereocenters. The van der Waals surface area contributed by atoms with E-state index in [1.54, 1.807) is 6.92 Å². The van der Waals surface area contributed by atoms with Gasteiger partial charge >= 0.3 is 0 Å². The molecule has 7 nitrogen and oxygen atoms in total. The smallest absolute Gasteiger partial charge is 0.287 e. The lowest BCUT2D eigenvalue weighted by molar-refractivity contribution is -0.140. The number of ketones is 1. The van der Waals surface area contributed by atoms with Crippen LogP contribution in [0.3, 0.4) is 0 Å². The summed E-state index contributed by atoms with van der Waals surface area (Å²) in [5, 5.41) is 0. The van der Waals surface area contributed by atoms with Crippen LogP contribution in [0.5, 0.6) is 0 Å². The highest BCUT2D eigenvalue weighted by Gasteiger charge is 2.17. The number of Topliss-reactive ketones (excluding diaryl/α,β-unsaturated/α-hetero) is 1. The minimum absolute atomic E-state index is 0. The number of carbonyl (C=O) groups excluding carboxylic acids is 1. The van der Waals surface area contributed by atoms with Gasteiger partial charge in [0.05, 0.1) is 26.4 Å². The van der Waals surface area contributed by atoms with Gasteiger partial charge in [0, 0.05) is 6.66 Å². The van der Waals surface area contributed by atoms with Gasteiger partial charge in [0.25, 0.3) is 13.7 Å². The fourth-order valence-corrected chi connectivity index (χ4v) is 1.90. The molecule has 2 rings (SSSR count). The van der Waals surface area contributed by atoms with Crippen molar-refractivity contribution >= 4 is 13.2 Å². The van der Waals surface area contributed by atoms with E-state index < -0.39 is 7.37 Å². The van der Waals surface area contributed by atoms with Gasteiger partial charge in [-0.2, -0.15) is 0 Å². The Bertz CT molecular complexity index is 478. The highest BCUT2D eigenvalue weighted by Crippen LogP contribution is 2.41. The van der Waals surface area contributed by atoms with E-state index in [1.165, 1.54) is 12.9 Å². The highest BCUT2D eigenvalue weighted by molar-refractivity contribution is 7.58. The van der Waals surface area contributed by atoms with E-state index in [-0.39, 0.29) is 19.5 Å². The Hall–Kier alpha value is -1.50. The maximum Gasteiger partial charge on any atom is 0.287 e. The summed E-state index contributed by atoms with van der Waals surface area (Å²) in [5.41, 5.74) is 1.11. The third-order valence-electron chi connectivity index (χ3n) is 2.08. The summed E-state index contributed by atoms with van der Waals surface area (Å²) in [6.07, 6.45) is 1.52. The molecular formula is C14H23N2O5P. The first kappa shape index (κ1) is 22.8. The van der Waals surface area contributed by atoms with Gasteiger partial charge in [-0.1, -0.05) is 7.43 Å². The molecule has 0 aromatic carbocycles. The lowest BCUT2D eigenvalue weighted by Crippen LogP contribution is -2.26. The summed E-state index contributed by atoms with van der Waals surface area (Å²) in [7, 11) is -2.55. The molecule has 0 N–H and O–H groups in total. The van der Waals surface area contributed by atoms with Gasteiger partial charge in [0.1, 0.15) is 13.2 Å². The molecule has 1 atom stereocenters. The van der Waals surface area contributed by atoms with Crippen molar-refractivity contribution < 1.29 is 23.4 Å². The maximum atomic E-state index is 11.0. The molecule has 0 spiro atoms. The summed E-state index contributed by atoms with van der Waals surface area (Å²) in [6, 6.07) is 0. The van der Waals surface area contributed by atoms with Crippen LogP contribution in [-0.2, 0) is 23.4 Å².